The molecule has 2 aromatic heterocycles. The molecule has 1 aromatic carbocycles. The lowest BCUT2D eigenvalue weighted by atomic mass is 10.1. The van der Waals surface area contributed by atoms with Crippen LogP contribution in [-0.4, -0.2) is 32.8 Å². The van der Waals surface area contributed by atoms with Gasteiger partial charge in [-0.2, -0.15) is 5.10 Å². The van der Waals surface area contributed by atoms with E-state index >= 15 is 0 Å². The SMILES string of the molecule is Fc1ccc(F)c(Nc2ncnc3c2cnn3C2CCNCC2)c1. The number of nitrogens with one attached hydrogen (secondary N) is 2. The van der Waals surface area contributed by atoms with Crippen molar-refractivity contribution in [2.45, 2.75) is 18.9 Å². The first kappa shape index (κ1) is 14.9. The average molecular weight is 330 g/mol. The summed E-state index contributed by atoms with van der Waals surface area (Å²) in [4.78, 5) is 8.47. The predicted octanol–water partition coefficient (Wildman–Crippen LogP) is 2.77. The molecular formula is C16H16F2N6. The van der Waals surface area contributed by atoms with Gasteiger partial charge in [0.2, 0.25) is 0 Å². The zero-order valence-corrected chi connectivity index (χ0v) is 12.8. The molecule has 3 aromatic rings. The molecule has 0 aliphatic carbocycles. The van der Waals surface area contributed by atoms with Gasteiger partial charge < -0.3 is 10.6 Å². The van der Waals surface area contributed by atoms with E-state index in [4.69, 9.17) is 0 Å². The number of rotatable bonds is 3. The van der Waals surface area contributed by atoms with Gasteiger partial charge in [-0.25, -0.2) is 23.4 Å². The molecule has 0 radical (unpaired) electrons. The molecule has 0 atom stereocenters. The van der Waals surface area contributed by atoms with Gasteiger partial charge in [0, 0.05) is 6.07 Å². The Labute approximate surface area is 136 Å². The monoisotopic (exact) mass is 330 g/mol. The zero-order chi connectivity index (χ0) is 16.5. The van der Waals surface area contributed by atoms with Gasteiger partial charge in [-0.1, -0.05) is 0 Å². The van der Waals surface area contributed by atoms with Gasteiger partial charge in [0.15, 0.2) is 5.65 Å². The molecule has 0 spiro atoms. The normalized spacial score (nSPS) is 15.8. The van der Waals surface area contributed by atoms with E-state index in [9.17, 15) is 8.78 Å². The van der Waals surface area contributed by atoms with Crippen LogP contribution in [0.15, 0.2) is 30.7 Å². The molecule has 0 amide bonds. The highest BCUT2D eigenvalue weighted by atomic mass is 19.1. The zero-order valence-electron chi connectivity index (χ0n) is 12.8. The summed E-state index contributed by atoms with van der Waals surface area (Å²) in [5, 5.41) is 11.3. The van der Waals surface area contributed by atoms with Gasteiger partial charge in [0.05, 0.1) is 23.3 Å². The van der Waals surface area contributed by atoms with Crippen LogP contribution < -0.4 is 10.6 Å². The fourth-order valence-electron chi connectivity index (χ4n) is 3.00. The van der Waals surface area contributed by atoms with Gasteiger partial charge in [0.1, 0.15) is 23.8 Å². The maximum absolute atomic E-state index is 13.9. The van der Waals surface area contributed by atoms with Gasteiger partial charge in [-0.3, -0.25) is 0 Å². The molecule has 124 valence electrons. The third-order valence-electron chi connectivity index (χ3n) is 4.23. The lowest BCUT2D eigenvalue weighted by Gasteiger charge is -2.23. The molecular weight excluding hydrogens is 314 g/mol. The molecule has 6 nitrogen and oxygen atoms in total. The lowest BCUT2D eigenvalue weighted by molar-refractivity contribution is 0.349. The number of anilines is 2. The van der Waals surface area contributed by atoms with Gasteiger partial charge >= 0.3 is 0 Å². The topological polar surface area (TPSA) is 67.7 Å². The van der Waals surface area contributed by atoms with E-state index in [2.05, 4.69) is 25.7 Å². The van der Waals surface area contributed by atoms with Crippen molar-refractivity contribution in [1.82, 2.24) is 25.1 Å². The van der Waals surface area contributed by atoms with Crippen molar-refractivity contribution in [1.29, 1.82) is 0 Å². The van der Waals surface area contributed by atoms with Crippen LogP contribution in [-0.2, 0) is 0 Å². The Balaban J connectivity index is 1.71. The van der Waals surface area contributed by atoms with Gasteiger partial charge in [0.25, 0.3) is 0 Å². The standard InChI is InChI=1S/C16H16F2N6/c17-10-1-2-13(18)14(7-10)23-15-12-8-22-24(16(12)21-9-20-15)11-3-5-19-6-4-11/h1-2,7-9,11,19H,3-6H2,(H,20,21,23). The second-order valence-corrected chi connectivity index (χ2v) is 5.78. The number of benzene rings is 1. The number of nitrogens with zero attached hydrogens (tertiary/aromatic N) is 4. The van der Waals surface area contributed by atoms with Crippen LogP contribution in [0.1, 0.15) is 18.9 Å². The van der Waals surface area contributed by atoms with Crippen molar-refractivity contribution >= 4 is 22.5 Å². The first-order valence-corrected chi connectivity index (χ1v) is 7.83. The quantitative estimate of drug-likeness (QED) is 0.773. The number of aromatic nitrogens is 4. The van der Waals surface area contributed by atoms with Crippen LogP contribution >= 0.6 is 0 Å². The molecule has 1 aliphatic rings. The molecule has 3 heterocycles. The minimum atomic E-state index is -0.547. The van der Waals surface area contributed by atoms with Crippen LogP contribution in [0.4, 0.5) is 20.3 Å². The summed E-state index contributed by atoms with van der Waals surface area (Å²) in [6.45, 7) is 1.88. The Morgan fingerprint density at radius 2 is 2.00 bits per heavy atom. The summed E-state index contributed by atoms with van der Waals surface area (Å²) in [6, 6.07) is 3.53. The van der Waals surface area contributed by atoms with Crippen LogP contribution in [0.2, 0.25) is 0 Å². The van der Waals surface area contributed by atoms with Crippen molar-refractivity contribution in [2.75, 3.05) is 18.4 Å². The number of hydrogen-bond donors (Lipinski definition) is 2. The highest BCUT2D eigenvalue weighted by Crippen LogP contribution is 2.28. The van der Waals surface area contributed by atoms with E-state index in [1.807, 2.05) is 4.68 Å². The predicted molar refractivity (Wildman–Crippen MR) is 86.1 cm³/mol. The fourth-order valence-corrected chi connectivity index (χ4v) is 3.00. The van der Waals surface area contributed by atoms with E-state index in [1.165, 1.54) is 6.33 Å². The molecule has 1 fully saturated rings. The van der Waals surface area contributed by atoms with Crippen molar-refractivity contribution in [3.05, 3.63) is 42.4 Å². The lowest BCUT2D eigenvalue weighted by Crippen LogP contribution is -2.29. The van der Waals surface area contributed by atoms with Gasteiger partial charge in [-0.05, 0) is 38.1 Å². The summed E-state index contributed by atoms with van der Waals surface area (Å²) in [7, 11) is 0. The average Bonchev–Trinajstić information content (AvgIpc) is 3.04. The summed E-state index contributed by atoms with van der Waals surface area (Å²) >= 11 is 0. The number of fused-ring (bicyclic) bond motifs is 1. The van der Waals surface area contributed by atoms with Crippen LogP contribution in [0.25, 0.3) is 11.0 Å². The molecule has 0 saturated carbocycles. The number of hydrogen-bond acceptors (Lipinski definition) is 5. The Morgan fingerprint density at radius 1 is 1.17 bits per heavy atom. The smallest absolute Gasteiger partial charge is 0.163 e. The van der Waals surface area contributed by atoms with E-state index in [0.29, 0.717) is 16.9 Å². The first-order valence-electron chi connectivity index (χ1n) is 7.83. The molecule has 1 saturated heterocycles. The minimum absolute atomic E-state index is 0.0321. The highest BCUT2D eigenvalue weighted by Gasteiger charge is 2.20. The largest absolute Gasteiger partial charge is 0.337 e. The number of piperidine rings is 1. The Morgan fingerprint density at radius 3 is 2.83 bits per heavy atom. The van der Waals surface area contributed by atoms with E-state index in [-0.39, 0.29) is 11.7 Å². The van der Waals surface area contributed by atoms with Crippen LogP contribution in [0, 0.1) is 11.6 Å². The summed E-state index contributed by atoms with van der Waals surface area (Å²) in [5.41, 5.74) is 0.723. The third kappa shape index (κ3) is 2.69. The van der Waals surface area contributed by atoms with E-state index in [0.717, 1.165) is 44.1 Å². The summed E-state index contributed by atoms with van der Waals surface area (Å²) < 4.78 is 29.1. The molecule has 1 aliphatic heterocycles. The number of halogens is 2. The maximum atomic E-state index is 13.9. The molecule has 4 rings (SSSR count). The molecule has 2 N–H and O–H groups in total. The van der Waals surface area contributed by atoms with E-state index < -0.39 is 11.6 Å². The highest BCUT2D eigenvalue weighted by molar-refractivity contribution is 5.88. The van der Waals surface area contributed by atoms with Crippen molar-refractivity contribution < 1.29 is 8.78 Å². The van der Waals surface area contributed by atoms with E-state index in [1.54, 1.807) is 6.20 Å². The second-order valence-electron chi connectivity index (χ2n) is 5.78. The van der Waals surface area contributed by atoms with Crippen molar-refractivity contribution in [3.8, 4) is 0 Å². The first-order chi connectivity index (χ1) is 11.7. The Kier molecular flexibility index (Phi) is 3.81. The summed E-state index contributed by atoms with van der Waals surface area (Å²) in [5.74, 6) is -0.659. The maximum Gasteiger partial charge on any atom is 0.163 e. The Bertz CT molecular complexity index is 872. The van der Waals surface area contributed by atoms with Crippen molar-refractivity contribution in [3.63, 3.8) is 0 Å². The third-order valence-corrected chi connectivity index (χ3v) is 4.23. The van der Waals surface area contributed by atoms with Gasteiger partial charge in [-0.15, -0.1) is 0 Å². The molecule has 8 heteroatoms. The molecule has 24 heavy (non-hydrogen) atoms. The second kappa shape index (κ2) is 6.12. The van der Waals surface area contributed by atoms with Crippen LogP contribution in [0.5, 0.6) is 0 Å². The molecule has 0 unspecified atom stereocenters. The van der Waals surface area contributed by atoms with Crippen LogP contribution in [0.3, 0.4) is 0 Å². The minimum Gasteiger partial charge on any atom is -0.337 e. The van der Waals surface area contributed by atoms with Crippen molar-refractivity contribution in [2.24, 2.45) is 0 Å². The molecule has 0 bridgehead atoms. The fraction of sp³-hybridized carbons (Fsp3) is 0.312. The summed E-state index contributed by atoms with van der Waals surface area (Å²) in [6.07, 6.45) is 5.02. The Hall–Kier alpha value is -2.61.